The number of rotatable bonds is 6. The van der Waals surface area contributed by atoms with Crippen molar-refractivity contribution in [3.63, 3.8) is 0 Å². The quantitative estimate of drug-likeness (QED) is 0.403. The first-order valence-electron chi connectivity index (χ1n) is 14.2. The normalized spacial score (nSPS) is 17.6. The van der Waals surface area contributed by atoms with Crippen molar-refractivity contribution in [1.82, 2.24) is 0 Å². The Bertz CT molecular complexity index is 1200. The van der Waals surface area contributed by atoms with Gasteiger partial charge in [-0.15, -0.1) is 0 Å². The number of halogens is 2. The molecule has 0 saturated heterocycles. The van der Waals surface area contributed by atoms with Crippen LogP contribution in [-0.2, 0) is 20.4 Å². The zero-order valence-electron chi connectivity index (χ0n) is 25.7. The van der Waals surface area contributed by atoms with Crippen molar-refractivity contribution in [1.29, 1.82) is 0 Å². The van der Waals surface area contributed by atoms with E-state index in [1.54, 1.807) is 44.5 Å². The van der Waals surface area contributed by atoms with Crippen LogP contribution in [0, 0.1) is 13.8 Å². The van der Waals surface area contributed by atoms with Crippen LogP contribution in [0.3, 0.4) is 0 Å². The Morgan fingerprint density at radius 3 is 1.21 bits per heavy atom. The maximum absolute atomic E-state index is 2.62. The minimum absolute atomic E-state index is 0. The maximum Gasteiger partial charge on any atom is -1.00 e. The van der Waals surface area contributed by atoms with Crippen LogP contribution in [0.4, 0.5) is 0 Å². The summed E-state index contributed by atoms with van der Waals surface area (Å²) in [7, 11) is 0. The van der Waals surface area contributed by atoms with Crippen LogP contribution < -0.4 is 24.8 Å². The average molecular weight is 647 g/mol. The van der Waals surface area contributed by atoms with Crippen LogP contribution in [0.1, 0.15) is 133 Å². The van der Waals surface area contributed by atoms with E-state index in [9.17, 15) is 0 Å². The smallest absolute Gasteiger partial charge is 1.00 e. The van der Waals surface area contributed by atoms with Gasteiger partial charge in [-0.05, 0) is 0 Å². The van der Waals surface area contributed by atoms with Crippen molar-refractivity contribution >= 4 is 17.6 Å². The third-order valence-corrected chi connectivity index (χ3v) is 35.5. The van der Waals surface area contributed by atoms with E-state index >= 15 is 0 Å². The molecule has 0 fully saturated rings. The monoisotopic (exact) mass is 644 g/mol. The molecule has 0 N–H and O–H groups in total. The van der Waals surface area contributed by atoms with Crippen LogP contribution in [0.15, 0.2) is 35.4 Å². The Hall–Kier alpha value is -0.400. The molecule has 2 aliphatic carbocycles. The van der Waals surface area contributed by atoms with Gasteiger partial charge < -0.3 is 24.8 Å². The van der Waals surface area contributed by atoms with Gasteiger partial charge in [-0.25, -0.2) is 0 Å². The van der Waals surface area contributed by atoms with Crippen molar-refractivity contribution in [2.75, 3.05) is 0 Å². The molecule has 2 unspecified atom stereocenters. The van der Waals surface area contributed by atoms with E-state index < -0.39 is 25.8 Å². The van der Waals surface area contributed by atoms with E-state index in [1.807, 2.05) is 0 Å². The third-order valence-electron chi connectivity index (χ3n) is 8.75. The topological polar surface area (TPSA) is 0 Å². The van der Waals surface area contributed by atoms with Crippen LogP contribution >= 0.6 is 0 Å². The molecule has 2 aromatic carbocycles. The molecule has 0 aliphatic heterocycles. The van der Waals surface area contributed by atoms with Gasteiger partial charge in [0.05, 0.1) is 0 Å². The Morgan fingerprint density at radius 1 is 0.579 bits per heavy atom. The van der Waals surface area contributed by atoms with Gasteiger partial charge in [-0.2, -0.15) is 0 Å². The van der Waals surface area contributed by atoms with Gasteiger partial charge in [0.25, 0.3) is 0 Å². The van der Waals surface area contributed by atoms with Gasteiger partial charge >= 0.3 is 231 Å². The molecular formula is C34H48Cl2SiZr. The summed E-state index contributed by atoms with van der Waals surface area (Å²) in [5.41, 5.74) is 17.3. The van der Waals surface area contributed by atoms with Crippen LogP contribution in [0.25, 0.3) is 12.2 Å². The molecule has 38 heavy (non-hydrogen) atoms. The van der Waals surface area contributed by atoms with Gasteiger partial charge in [0.15, 0.2) is 0 Å². The molecule has 2 aromatic rings. The van der Waals surface area contributed by atoms with E-state index in [1.165, 1.54) is 11.1 Å². The summed E-state index contributed by atoms with van der Waals surface area (Å²) < 4.78 is 1.42. The molecule has 0 aromatic heterocycles. The average Bonchev–Trinajstić information content (AvgIpc) is 3.29. The molecule has 0 heterocycles. The Labute approximate surface area is 254 Å². The molecule has 206 valence electrons. The summed E-state index contributed by atoms with van der Waals surface area (Å²) >= 11 is -2.19. The van der Waals surface area contributed by atoms with E-state index in [4.69, 9.17) is 0 Å². The zero-order chi connectivity index (χ0) is 26.6. The van der Waals surface area contributed by atoms with E-state index in [-0.39, 0.29) is 24.8 Å². The van der Waals surface area contributed by atoms with Crippen molar-refractivity contribution in [2.45, 2.75) is 113 Å². The predicted molar refractivity (Wildman–Crippen MR) is 159 cm³/mol. The molecule has 4 rings (SSSR count). The summed E-state index contributed by atoms with van der Waals surface area (Å²) in [6.07, 6.45) is 5.24. The maximum atomic E-state index is 2.62. The second-order valence-electron chi connectivity index (χ2n) is 12.8. The molecule has 0 radical (unpaired) electrons. The van der Waals surface area contributed by atoms with E-state index in [0.29, 0.717) is 19.1 Å². The van der Waals surface area contributed by atoms with Crippen LogP contribution in [0.5, 0.6) is 0 Å². The Morgan fingerprint density at radius 2 is 0.921 bits per heavy atom. The molecule has 2 aliphatic rings. The molecule has 2 atom stereocenters. The first kappa shape index (κ1) is 33.8. The Balaban J connectivity index is 0.00000253. The first-order valence-corrected chi connectivity index (χ1v) is 22.4. The summed E-state index contributed by atoms with van der Waals surface area (Å²) in [6, 6.07) is 9.72. The first-order chi connectivity index (χ1) is 16.9. The van der Waals surface area contributed by atoms with Gasteiger partial charge in [0.1, 0.15) is 0 Å². The van der Waals surface area contributed by atoms with Gasteiger partial charge in [0.2, 0.25) is 0 Å². The number of fused-ring (bicyclic) bond motifs is 2. The van der Waals surface area contributed by atoms with Crippen LogP contribution in [0.2, 0.25) is 11.1 Å². The minimum Gasteiger partial charge on any atom is -1.00 e. The second kappa shape index (κ2) is 13.1. The summed E-state index contributed by atoms with van der Waals surface area (Å²) in [5, 5.41) is 0. The van der Waals surface area contributed by atoms with Gasteiger partial charge in [-0.1, -0.05) is 0 Å². The van der Waals surface area contributed by atoms with Gasteiger partial charge in [0, 0.05) is 0 Å². The molecule has 0 saturated carbocycles. The number of hydrogen-bond donors (Lipinski definition) is 0. The SMILES string of the molecule is CC1=Cc2c(C(C)C)ccc(C)c2[CH]1[Zr+2]([CH]1C(C)=Cc2c(C(C)C)ccc(C)c21)=[Si](C(C)C)C(C)C.[Cl-].[Cl-]. The fourth-order valence-corrected chi connectivity index (χ4v) is 36.9. The van der Waals surface area contributed by atoms with Crippen molar-refractivity contribution in [2.24, 2.45) is 0 Å². The minimum atomic E-state index is -2.19. The summed E-state index contributed by atoms with van der Waals surface area (Å²) in [6.45, 7) is 29.5. The molecule has 0 nitrogen and oxygen atoms in total. The number of hydrogen-bond acceptors (Lipinski definition) is 0. The second-order valence-corrected chi connectivity index (χ2v) is 28.7. The molecular weight excluding hydrogens is 599 g/mol. The number of allylic oxidation sites excluding steroid dienone is 2. The van der Waals surface area contributed by atoms with Crippen molar-refractivity contribution in [3.8, 4) is 0 Å². The summed E-state index contributed by atoms with van der Waals surface area (Å²) in [5.74, 6) is 1.14. The number of aryl methyl sites for hydroxylation is 2. The zero-order valence-corrected chi connectivity index (χ0v) is 30.7. The number of benzene rings is 2. The van der Waals surface area contributed by atoms with Gasteiger partial charge in [-0.3, -0.25) is 0 Å². The summed E-state index contributed by atoms with van der Waals surface area (Å²) in [4.78, 5) is 0. The molecule has 4 heteroatoms. The molecule has 0 amide bonds. The predicted octanol–water partition coefficient (Wildman–Crippen LogP) is 4.60. The largest absolute Gasteiger partial charge is 1.00 e. The fourth-order valence-electron chi connectivity index (χ4n) is 7.33. The Kier molecular flexibility index (Phi) is 11.6. The molecule has 0 spiro atoms. The third kappa shape index (κ3) is 5.82. The van der Waals surface area contributed by atoms with E-state index in [2.05, 4.69) is 120 Å². The van der Waals surface area contributed by atoms with Crippen LogP contribution in [-0.4, -0.2) is 5.43 Å². The van der Waals surface area contributed by atoms with Crippen molar-refractivity contribution < 1.29 is 45.2 Å². The van der Waals surface area contributed by atoms with E-state index in [0.717, 1.165) is 11.1 Å². The molecule has 0 bridgehead atoms. The van der Waals surface area contributed by atoms with Crippen molar-refractivity contribution in [3.05, 3.63) is 79.9 Å². The fraction of sp³-hybridized carbons (Fsp3) is 0.529. The standard InChI is InChI=1S/2C14H17.C6H14Si.2ClH.Zr/c2*1-9(2)12-6-5-11(4)13-7-10(3)8-14(12)13;1-5(2)7-6(3)4;;;/h2*5-9H,1-4H3;5-6H,1-4H3;2*1H;/q;;;;;+2/p-2.